The van der Waals surface area contributed by atoms with Crippen LogP contribution >= 0.6 is 15.9 Å². The molecule has 2 aliphatic rings. The van der Waals surface area contributed by atoms with E-state index >= 15 is 0 Å². The summed E-state index contributed by atoms with van der Waals surface area (Å²) < 4.78 is 0.660. The molecule has 0 saturated carbocycles. The third kappa shape index (κ3) is 2.15. The van der Waals surface area contributed by atoms with Crippen LogP contribution in [0.5, 0.6) is 0 Å². The van der Waals surface area contributed by atoms with Gasteiger partial charge in [-0.05, 0) is 28.1 Å². The molecule has 1 aromatic heterocycles. The third-order valence-electron chi connectivity index (χ3n) is 4.08. The minimum atomic E-state index is -1.03. The Labute approximate surface area is 144 Å². The number of amides is 1. The predicted molar refractivity (Wildman–Crippen MR) is 89.8 cm³/mol. The molecule has 1 atom stereocenters. The number of halogens is 1. The normalized spacial score (nSPS) is 19.8. The second kappa shape index (κ2) is 5.52. The zero-order valence-corrected chi connectivity index (χ0v) is 14.0. The number of hydrogen-bond donors (Lipinski definition) is 1. The van der Waals surface area contributed by atoms with Gasteiger partial charge in [-0.1, -0.05) is 0 Å². The van der Waals surface area contributed by atoms with Crippen molar-refractivity contribution in [2.24, 2.45) is 4.99 Å². The quantitative estimate of drug-likeness (QED) is 0.847. The third-order valence-corrected chi connectivity index (χ3v) is 4.86. The number of benzene rings is 1. The first-order valence-corrected chi connectivity index (χ1v) is 8.13. The molecule has 1 unspecified atom stereocenters. The topological polar surface area (TPSA) is 99.0 Å². The Hall–Kier alpha value is -2.55. The lowest BCUT2D eigenvalue weighted by molar-refractivity contribution is -0.140. The summed E-state index contributed by atoms with van der Waals surface area (Å²) in [6.07, 6.45) is 2.89. The van der Waals surface area contributed by atoms with Gasteiger partial charge in [0.15, 0.2) is 0 Å². The molecule has 1 fully saturated rings. The first-order valence-electron chi connectivity index (χ1n) is 7.34. The Morgan fingerprint density at radius 1 is 1.33 bits per heavy atom. The van der Waals surface area contributed by atoms with Gasteiger partial charge in [0.05, 0.1) is 28.6 Å². The van der Waals surface area contributed by atoms with Crippen LogP contribution in [0.4, 0.5) is 5.69 Å². The van der Waals surface area contributed by atoms with Crippen molar-refractivity contribution in [3.8, 4) is 0 Å². The number of aliphatic imine (C=N–C) groups is 1. The van der Waals surface area contributed by atoms with E-state index in [2.05, 4.69) is 30.9 Å². The number of carbonyl (C=O) groups is 2. The maximum Gasteiger partial charge on any atom is 0.306 e. The number of hydrogen-bond acceptors (Lipinski definition) is 6. The van der Waals surface area contributed by atoms with Crippen LogP contribution in [-0.2, 0) is 9.59 Å². The second-order valence-corrected chi connectivity index (χ2v) is 6.27. The number of nitrogens with zero attached hydrogens (tertiary/aromatic N) is 5. The van der Waals surface area contributed by atoms with Crippen LogP contribution in [0, 0.1) is 0 Å². The van der Waals surface area contributed by atoms with Crippen molar-refractivity contribution in [1.29, 1.82) is 0 Å². The molecule has 1 saturated heterocycles. The molecule has 0 radical (unpaired) electrons. The molecule has 4 rings (SSSR count). The molecule has 3 heterocycles. The van der Waals surface area contributed by atoms with Gasteiger partial charge in [-0.2, -0.15) is 0 Å². The first kappa shape index (κ1) is 15.0. The van der Waals surface area contributed by atoms with E-state index in [0.717, 1.165) is 0 Å². The number of aliphatic carboxylic acids is 1. The molecule has 1 aromatic carbocycles. The van der Waals surface area contributed by atoms with Crippen molar-refractivity contribution < 1.29 is 14.7 Å². The molecule has 8 nitrogen and oxygen atoms in total. The highest BCUT2D eigenvalue weighted by Crippen LogP contribution is 2.37. The van der Waals surface area contributed by atoms with E-state index in [1.54, 1.807) is 34.3 Å². The minimum absolute atomic E-state index is 0.236. The van der Waals surface area contributed by atoms with Gasteiger partial charge in [-0.15, -0.1) is 0 Å². The number of carbonyl (C=O) groups excluding carboxylic acids is 1. The maximum absolute atomic E-state index is 12.6. The van der Waals surface area contributed by atoms with E-state index in [1.807, 2.05) is 0 Å². The van der Waals surface area contributed by atoms with Crippen molar-refractivity contribution >= 4 is 50.5 Å². The number of fused-ring (bicyclic) bond motifs is 2. The average Bonchev–Trinajstić information content (AvgIpc) is 3.12. The van der Waals surface area contributed by atoms with Gasteiger partial charge < -0.3 is 5.11 Å². The number of carboxylic acids is 1. The van der Waals surface area contributed by atoms with Crippen LogP contribution in [0.1, 0.15) is 6.42 Å². The zero-order chi connectivity index (χ0) is 16.8. The fourth-order valence-corrected chi connectivity index (χ4v) is 3.71. The molecule has 0 aliphatic carbocycles. The smallest absolute Gasteiger partial charge is 0.306 e. The van der Waals surface area contributed by atoms with Crippen molar-refractivity contribution in [3.05, 3.63) is 29.0 Å². The largest absolute Gasteiger partial charge is 0.481 e. The van der Waals surface area contributed by atoms with E-state index in [-0.39, 0.29) is 12.3 Å². The number of rotatable bonds is 3. The van der Waals surface area contributed by atoms with Gasteiger partial charge >= 0.3 is 5.97 Å². The molecule has 2 aromatic rings. The summed E-state index contributed by atoms with van der Waals surface area (Å²) in [4.78, 5) is 40.0. The molecular weight excluding hydrogens is 378 g/mol. The Morgan fingerprint density at radius 3 is 2.92 bits per heavy atom. The molecule has 1 amide bonds. The van der Waals surface area contributed by atoms with Gasteiger partial charge in [-0.25, -0.2) is 0 Å². The van der Waals surface area contributed by atoms with Gasteiger partial charge in [0.1, 0.15) is 11.6 Å². The molecule has 2 aliphatic heterocycles. The van der Waals surface area contributed by atoms with Crippen molar-refractivity contribution in [3.63, 3.8) is 0 Å². The second-order valence-electron chi connectivity index (χ2n) is 5.48. The molecule has 24 heavy (non-hydrogen) atoms. The Kier molecular flexibility index (Phi) is 3.45. The number of anilines is 1. The van der Waals surface area contributed by atoms with E-state index in [0.29, 0.717) is 40.2 Å². The molecule has 9 heteroatoms. The average molecular weight is 390 g/mol. The molecule has 0 bridgehead atoms. The standard InChI is InChI=1S/C15H12BrN5O3/c16-12-9(2-1-8-13(12)18-4-3-17-8)21-10(7-11(22)23)14(24)20-6-5-19-15(20)21/h1-4,10H,5-7H2,(H,22,23). The summed E-state index contributed by atoms with van der Waals surface area (Å²) in [7, 11) is 0. The summed E-state index contributed by atoms with van der Waals surface area (Å²) in [5, 5.41) is 9.19. The van der Waals surface area contributed by atoms with E-state index in [4.69, 9.17) is 0 Å². The zero-order valence-electron chi connectivity index (χ0n) is 12.4. The van der Waals surface area contributed by atoms with Crippen LogP contribution in [0.2, 0.25) is 0 Å². The highest BCUT2D eigenvalue weighted by atomic mass is 79.9. The van der Waals surface area contributed by atoms with Crippen molar-refractivity contribution in [1.82, 2.24) is 14.9 Å². The van der Waals surface area contributed by atoms with Crippen LogP contribution in [-0.4, -0.2) is 56.9 Å². The molecule has 1 N–H and O–H groups in total. The van der Waals surface area contributed by atoms with Crippen LogP contribution in [0.25, 0.3) is 11.0 Å². The van der Waals surface area contributed by atoms with Gasteiger partial charge in [0.2, 0.25) is 5.96 Å². The lowest BCUT2D eigenvalue weighted by atomic mass is 10.1. The van der Waals surface area contributed by atoms with E-state index < -0.39 is 12.0 Å². The predicted octanol–water partition coefficient (Wildman–Crippen LogP) is 1.25. The highest BCUT2D eigenvalue weighted by molar-refractivity contribution is 9.10. The minimum Gasteiger partial charge on any atom is -0.481 e. The van der Waals surface area contributed by atoms with Crippen LogP contribution in [0.15, 0.2) is 34.0 Å². The Bertz CT molecular complexity index is 900. The SMILES string of the molecule is O=C(O)CC1C(=O)N2CCN=C2N1c1ccc2nccnc2c1Br. The fraction of sp³-hybridized carbons (Fsp3) is 0.267. The van der Waals surface area contributed by atoms with Crippen molar-refractivity contribution in [2.45, 2.75) is 12.5 Å². The van der Waals surface area contributed by atoms with Gasteiger partial charge in [-0.3, -0.25) is 34.3 Å². The maximum atomic E-state index is 12.6. The Morgan fingerprint density at radius 2 is 2.12 bits per heavy atom. The lowest BCUT2D eigenvalue weighted by Crippen LogP contribution is -2.37. The van der Waals surface area contributed by atoms with Crippen LogP contribution in [0.3, 0.4) is 0 Å². The summed E-state index contributed by atoms with van der Waals surface area (Å²) >= 11 is 3.53. The lowest BCUT2D eigenvalue weighted by Gasteiger charge is -2.24. The van der Waals surface area contributed by atoms with Gasteiger partial charge in [0.25, 0.3) is 5.91 Å². The summed E-state index contributed by atoms with van der Waals surface area (Å²) in [5.74, 6) is -0.771. The monoisotopic (exact) mass is 389 g/mol. The first-order chi connectivity index (χ1) is 11.6. The van der Waals surface area contributed by atoms with Crippen LogP contribution < -0.4 is 4.90 Å². The number of carboxylic acid groups (broad SMARTS) is 1. The summed E-state index contributed by atoms with van der Waals surface area (Å²) in [6.45, 7) is 0.994. The van der Waals surface area contributed by atoms with Gasteiger partial charge in [0, 0.05) is 18.9 Å². The van der Waals surface area contributed by atoms with E-state index in [1.165, 1.54) is 0 Å². The highest BCUT2D eigenvalue weighted by Gasteiger charge is 2.47. The van der Waals surface area contributed by atoms with E-state index in [9.17, 15) is 14.7 Å². The van der Waals surface area contributed by atoms with Crippen molar-refractivity contribution in [2.75, 3.05) is 18.0 Å². The summed E-state index contributed by atoms with van der Waals surface area (Å²) in [6, 6.07) is 2.78. The Balaban J connectivity index is 1.87. The molecule has 122 valence electrons. The number of guanidine groups is 1. The molecular formula is C15H12BrN5O3. The summed E-state index contributed by atoms with van der Waals surface area (Å²) in [5.41, 5.74) is 2.01. The molecule has 0 spiro atoms. The number of aromatic nitrogens is 2. The fourth-order valence-electron chi connectivity index (χ4n) is 3.08.